The molecule has 0 aliphatic carbocycles. The van der Waals surface area contributed by atoms with Crippen LogP contribution in [-0.4, -0.2) is 23.0 Å². The summed E-state index contributed by atoms with van der Waals surface area (Å²) >= 11 is 5.90. The Morgan fingerprint density at radius 2 is 2.13 bits per heavy atom. The van der Waals surface area contributed by atoms with Gasteiger partial charge in [0.1, 0.15) is 11.8 Å². The van der Waals surface area contributed by atoms with Crippen LogP contribution in [0.25, 0.3) is 0 Å². The zero-order valence-electron chi connectivity index (χ0n) is 12.5. The van der Waals surface area contributed by atoms with E-state index in [0.717, 1.165) is 5.56 Å². The predicted molar refractivity (Wildman–Crippen MR) is 86.4 cm³/mol. The molecule has 23 heavy (non-hydrogen) atoms. The molecule has 2 rings (SSSR count). The first kappa shape index (κ1) is 17.1. The topological polar surface area (TPSA) is 91.6 Å². The number of benzene rings is 1. The largest absolute Gasteiger partial charge is 0.480 e. The van der Waals surface area contributed by atoms with Crippen molar-refractivity contribution < 1.29 is 19.1 Å². The van der Waals surface area contributed by atoms with Gasteiger partial charge in [-0.1, -0.05) is 17.7 Å². The number of halogens is 1. The van der Waals surface area contributed by atoms with Crippen molar-refractivity contribution in [1.29, 1.82) is 0 Å². The molecule has 0 spiro atoms. The molecule has 3 N–H and O–H groups in total. The minimum atomic E-state index is -1.10. The lowest BCUT2D eigenvalue weighted by molar-refractivity contribution is -0.141. The first-order valence-corrected chi connectivity index (χ1v) is 7.38. The van der Waals surface area contributed by atoms with Gasteiger partial charge in [-0.25, -0.2) is 0 Å². The monoisotopic (exact) mass is 336 g/mol. The van der Waals surface area contributed by atoms with Crippen molar-refractivity contribution in [3.05, 3.63) is 52.9 Å². The van der Waals surface area contributed by atoms with Crippen molar-refractivity contribution in [1.82, 2.24) is 5.32 Å². The molecule has 0 fully saturated rings. The quantitative estimate of drug-likeness (QED) is 0.723. The van der Waals surface area contributed by atoms with Crippen LogP contribution in [0.15, 0.2) is 41.0 Å². The third-order valence-corrected chi connectivity index (χ3v) is 3.50. The van der Waals surface area contributed by atoms with Crippen molar-refractivity contribution in [3.63, 3.8) is 0 Å². The number of nitrogens with one attached hydrogen (secondary N) is 2. The molecule has 1 aromatic heterocycles. The smallest absolute Gasteiger partial charge is 0.321 e. The lowest BCUT2D eigenvalue weighted by Gasteiger charge is -2.14. The number of carbonyl (C=O) groups is 2. The molecule has 1 atom stereocenters. The molecule has 0 aliphatic rings. The van der Waals surface area contributed by atoms with E-state index in [4.69, 9.17) is 16.0 Å². The first-order chi connectivity index (χ1) is 11.0. The number of carboxylic acid groups (broad SMARTS) is 1. The van der Waals surface area contributed by atoms with Crippen LogP contribution >= 0.6 is 11.6 Å². The van der Waals surface area contributed by atoms with Gasteiger partial charge in [-0.3, -0.25) is 14.9 Å². The summed E-state index contributed by atoms with van der Waals surface area (Å²) in [6, 6.07) is 7.54. The van der Waals surface area contributed by atoms with Crippen molar-refractivity contribution in [2.45, 2.75) is 25.9 Å². The summed E-state index contributed by atoms with van der Waals surface area (Å²) in [5.41, 5.74) is 1.41. The Kier molecular flexibility index (Phi) is 5.78. The van der Waals surface area contributed by atoms with Crippen LogP contribution in [0.5, 0.6) is 0 Å². The highest BCUT2D eigenvalue weighted by Gasteiger charge is 2.21. The molecule has 0 aliphatic heterocycles. The molecular formula is C16H17ClN2O4. The van der Waals surface area contributed by atoms with Gasteiger partial charge in [-0.15, -0.1) is 0 Å². The summed E-state index contributed by atoms with van der Waals surface area (Å²) < 4.78 is 5.12. The highest BCUT2D eigenvalue weighted by molar-refractivity contribution is 6.31. The van der Waals surface area contributed by atoms with E-state index >= 15 is 0 Å². The number of aryl methyl sites for hydroxylation is 1. The normalized spacial score (nSPS) is 11.9. The zero-order valence-corrected chi connectivity index (χ0v) is 13.3. The van der Waals surface area contributed by atoms with E-state index in [2.05, 4.69) is 10.6 Å². The van der Waals surface area contributed by atoms with E-state index in [0.29, 0.717) is 16.5 Å². The van der Waals surface area contributed by atoms with Crippen LogP contribution < -0.4 is 10.6 Å². The lowest BCUT2D eigenvalue weighted by atomic mass is 10.1. The summed E-state index contributed by atoms with van der Waals surface area (Å²) in [6.45, 7) is 2.06. The number of hydrogen-bond acceptors (Lipinski definition) is 4. The molecule has 0 bridgehead atoms. The number of carbonyl (C=O) groups excluding carboxylic acids is 1. The minimum absolute atomic E-state index is 0.206. The van der Waals surface area contributed by atoms with Gasteiger partial charge in [0.2, 0.25) is 5.91 Å². The van der Waals surface area contributed by atoms with E-state index in [1.165, 1.54) is 6.26 Å². The van der Waals surface area contributed by atoms with Crippen LogP contribution in [0.2, 0.25) is 5.02 Å². The average Bonchev–Trinajstić information content (AvgIpc) is 3.00. The zero-order chi connectivity index (χ0) is 16.8. The number of hydrogen-bond donors (Lipinski definition) is 3. The average molecular weight is 337 g/mol. The summed E-state index contributed by atoms with van der Waals surface area (Å²) in [4.78, 5) is 23.3. The Morgan fingerprint density at radius 3 is 2.78 bits per heavy atom. The minimum Gasteiger partial charge on any atom is -0.480 e. The number of aliphatic carboxylic acids is 1. The molecule has 7 heteroatoms. The van der Waals surface area contributed by atoms with Gasteiger partial charge < -0.3 is 14.8 Å². The number of amides is 1. The van der Waals surface area contributed by atoms with Gasteiger partial charge in [0, 0.05) is 10.7 Å². The van der Waals surface area contributed by atoms with Gasteiger partial charge in [-0.05, 0) is 36.8 Å². The van der Waals surface area contributed by atoms with Crippen LogP contribution in [0, 0.1) is 6.92 Å². The number of rotatable bonds is 7. The van der Waals surface area contributed by atoms with Crippen molar-refractivity contribution in [3.8, 4) is 0 Å². The SMILES string of the molecule is Cc1ccc(Cl)cc1NC(=O)CC(NCc1ccco1)C(=O)O. The molecule has 0 saturated heterocycles. The summed E-state index contributed by atoms with van der Waals surface area (Å²) in [7, 11) is 0. The van der Waals surface area contributed by atoms with Gasteiger partial charge in [0.15, 0.2) is 0 Å². The van der Waals surface area contributed by atoms with Crippen LogP contribution in [-0.2, 0) is 16.1 Å². The maximum atomic E-state index is 12.1. The Labute approximate surface area is 138 Å². The Hall–Kier alpha value is -2.31. The van der Waals surface area contributed by atoms with E-state index in [1.807, 2.05) is 6.92 Å². The van der Waals surface area contributed by atoms with Crippen molar-refractivity contribution in [2.75, 3.05) is 5.32 Å². The number of anilines is 1. The molecule has 1 amide bonds. The molecule has 1 heterocycles. The van der Waals surface area contributed by atoms with Gasteiger partial charge in [0.25, 0.3) is 0 Å². The van der Waals surface area contributed by atoms with Crippen molar-refractivity contribution >= 4 is 29.2 Å². The Balaban J connectivity index is 1.94. The summed E-state index contributed by atoms with van der Waals surface area (Å²) in [5, 5.41) is 15.2. The highest BCUT2D eigenvalue weighted by atomic mass is 35.5. The van der Waals surface area contributed by atoms with E-state index in [-0.39, 0.29) is 13.0 Å². The first-order valence-electron chi connectivity index (χ1n) is 7.00. The van der Waals surface area contributed by atoms with E-state index in [1.54, 1.807) is 30.3 Å². The highest BCUT2D eigenvalue weighted by Crippen LogP contribution is 2.20. The maximum Gasteiger partial charge on any atom is 0.321 e. The maximum absolute atomic E-state index is 12.1. The predicted octanol–water partition coefficient (Wildman–Crippen LogP) is 2.81. The molecule has 1 unspecified atom stereocenters. The Bertz CT molecular complexity index is 685. The molecular weight excluding hydrogens is 320 g/mol. The molecule has 122 valence electrons. The summed E-state index contributed by atoms with van der Waals surface area (Å²) in [6.07, 6.45) is 1.30. The van der Waals surface area contributed by atoms with Gasteiger partial charge >= 0.3 is 5.97 Å². The third kappa shape index (κ3) is 5.12. The van der Waals surface area contributed by atoms with E-state index < -0.39 is 17.9 Å². The number of furan rings is 1. The second-order valence-electron chi connectivity index (χ2n) is 5.06. The number of carboxylic acids is 1. The molecule has 1 aromatic carbocycles. The fraction of sp³-hybridized carbons (Fsp3) is 0.250. The lowest BCUT2D eigenvalue weighted by Crippen LogP contribution is -2.39. The van der Waals surface area contributed by atoms with Crippen LogP contribution in [0.4, 0.5) is 5.69 Å². The molecule has 0 radical (unpaired) electrons. The standard InChI is InChI=1S/C16H17ClN2O4/c1-10-4-5-11(17)7-13(10)19-15(20)8-14(16(21)22)18-9-12-3-2-6-23-12/h2-7,14,18H,8-9H2,1H3,(H,19,20)(H,21,22). The summed E-state index contributed by atoms with van der Waals surface area (Å²) in [5.74, 6) is -0.911. The second kappa shape index (κ2) is 7.80. The fourth-order valence-corrected chi connectivity index (χ4v) is 2.17. The molecule has 2 aromatic rings. The fourth-order valence-electron chi connectivity index (χ4n) is 2.00. The second-order valence-corrected chi connectivity index (χ2v) is 5.50. The molecule has 6 nitrogen and oxygen atoms in total. The van der Waals surface area contributed by atoms with Gasteiger partial charge in [0.05, 0.1) is 19.2 Å². The third-order valence-electron chi connectivity index (χ3n) is 3.26. The molecule has 0 saturated carbocycles. The van der Waals surface area contributed by atoms with Crippen molar-refractivity contribution in [2.24, 2.45) is 0 Å². The van der Waals surface area contributed by atoms with Crippen LogP contribution in [0.3, 0.4) is 0 Å². The Morgan fingerprint density at radius 1 is 1.35 bits per heavy atom. The van der Waals surface area contributed by atoms with Gasteiger partial charge in [-0.2, -0.15) is 0 Å². The van der Waals surface area contributed by atoms with E-state index in [9.17, 15) is 14.7 Å². The van der Waals surface area contributed by atoms with Crippen LogP contribution in [0.1, 0.15) is 17.7 Å².